The summed E-state index contributed by atoms with van der Waals surface area (Å²) >= 11 is 0. The van der Waals surface area contributed by atoms with Crippen LogP contribution in [-0.2, 0) is 23.7 Å². The smallest absolute Gasteiger partial charge is 0.411 e. The predicted octanol–water partition coefficient (Wildman–Crippen LogP) is 4.21. The minimum Gasteiger partial charge on any atom is -0.466 e. The maximum atomic E-state index is 13.3. The molecule has 0 radical (unpaired) electrons. The SMILES string of the molecule is CCOC(=O)CC[C@@H]1[C@H]2OC(C)(C)O[C@H]2[C@H](c2ccccc2)N1C(=O)OC(C)(C)C. The molecule has 166 valence electrons. The van der Waals surface area contributed by atoms with Crippen LogP contribution in [0.3, 0.4) is 0 Å². The monoisotopic (exact) mass is 419 g/mol. The minimum atomic E-state index is -0.773. The van der Waals surface area contributed by atoms with E-state index in [0.29, 0.717) is 13.0 Å². The lowest BCUT2D eigenvalue weighted by Gasteiger charge is -2.35. The van der Waals surface area contributed by atoms with Gasteiger partial charge < -0.3 is 18.9 Å². The topological polar surface area (TPSA) is 74.3 Å². The third kappa shape index (κ3) is 4.95. The van der Waals surface area contributed by atoms with Gasteiger partial charge in [-0.05, 0) is 53.5 Å². The highest BCUT2D eigenvalue weighted by Crippen LogP contribution is 2.48. The molecule has 3 rings (SSSR count). The summed E-state index contributed by atoms with van der Waals surface area (Å²) in [6, 6.07) is 9.00. The second kappa shape index (κ2) is 8.55. The zero-order valence-corrected chi connectivity index (χ0v) is 18.7. The number of carbonyl (C=O) groups excluding carboxylic acids is 2. The Morgan fingerprint density at radius 1 is 1.10 bits per heavy atom. The Labute approximate surface area is 178 Å². The molecule has 30 heavy (non-hydrogen) atoms. The summed E-state index contributed by atoms with van der Waals surface area (Å²) in [6.45, 7) is 11.3. The Morgan fingerprint density at radius 2 is 1.73 bits per heavy atom. The molecule has 1 aromatic carbocycles. The number of rotatable bonds is 5. The summed E-state index contributed by atoms with van der Waals surface area (Å²) in [5.41, 5.74) is 0.293. The van der Waals surface area contributed by atoms with E-state index in [0.717, 1.165) is 5.56 Å². The first-order chi connectivity index (χ1) is 14.0. The van der Waals surface area contributed by atoms with Gasteiger partial charge in [-0.25, -0.2) is 4.79 Å². The summed E-state index contributed by atoms with van der Waals surface area (Å²) in [4.78, 5) is 27.0. The number of esters is 1. The Morgan fingerprint density at radius 3 is 2.33 bits per heavy atom. The van der Waals surface area contributed by atoms with Crippen LogP contribution in [0, 0.1) is 0 Å². The second-order valence-electron chi connectivity index (χ2n) is 9.22. The van der Waals surface area contributed by atoms with Crippen molar-refractivity contribution in [1.29, 1.82) is 0 Å². The molecule has 2 heterocycles. The largest absolute Gasteiger partial charge is 0.466 e. The molecule has 0 saturated carbocycles. The lowest BCUT2D eigenvalue weighted by Crippen LogP contribution is -2.45. The molecule has 0 bridgehead atoms. The molecule has 2 aliphatic rings. The third-order valence-corrected chi connectivity index (χ3v) is 5.21. The molecule has 7 heteroatoms. The van der Waals surface area contributed by atoms with Crippen LogP contribution in [0.1, 0.15) is 66.0 Å². The molecule has 1 amide bonds. The number of hydrogen-bond acceptors (Lipinski definition) is 6. The molecular weight excluding hydrogens is 386 g/mol. The van der Waals surface area contributed by atoms with Crippen molar-refractivity contribution < 1.29 is 28.5 Å². The Kier molecular flexibility index (Phi) is 6.43. The molecule has 1 aromatic rings. The van der Waals surface area contributed by atoms with Gasteiger partial charge in [-0.15, -0.1) is 0 Å². The van der Waals surface area contributed by atoms with Crippen molar-refractivity contribution in [3.8, 4) is 0 Å². The van der Waals surface area contributed by atoms with E-state index >= 15 is 0 Å². The lowest BCUT2D eigenvalue weighted by molar-refractivity contribution is -0.168. The Bertz CT molecular complexity index is 757. The fraction of sp³-hybridized carbons (Fsp3) is 0.652. The fourth-order valence-corrected chi connectivity index (χ4v) is 4.25. The summed E-state index contributed by atoms with van der Waals surface area (Å²) in [5.74, 6) is -1.07. The molecule has 0 unspecified atom stereocenters. The maximum absolute atomic E-state index is 13.3. The van der Waals surface area contributed by atoms with E-state index in [9.17, 15) is 9.59 Å². The van der Waals surface area contributed by atoms with Crippen LogP contribution >= 0.6 is 0 Å². The van der Waals surface area contributed by atoms with Crippen molar-refractivity contribution in [2.45, 2.75) is 90.1 Å². The first kappa shape index (κ1) is 22.6. The van der Waals surface area contributed by atoms with Gasteiger partial charge in [0.1, 0.15) is 17.8 Å². The van der Waals surface area contributed by atoms with Crippen LogP contribution in [0.15, 0.2) is 30.3 Å². The van der Waals surface area contributed by atoms with Crippen LogP contribution in [0.2, 0.25) is 0 Å². The van der Waals surface area contributed by atoms with Crippen LogP contribution < -0.4 is 0 Å². The van der Waals surface area contributed by atoms with E-state index in [1.165, 1.54) is 0 Å². The first-order valence-corrected chi connectivity index (χ1v) is 10.6. The molecule has 0 aliphatic carbocycles. The number of carbonyl (C=O) groups is 2. The Balaban J connectivity index is 1.97. The van der Waals surface area contributed by atoms with Gasteiger partial charge in [-0.2, -0.15) is 0 Å². The number of hydrogen-bond donors (Lipinski definition) is 0. The van der Waals surface area contributed by atoms with Gasteiger partial charge in [0.05, 0.1) is 18.7 Å². The molecule has 0 aromatic heterocycles. The van der Waals surface area contributed by atoms with E-state index in [2.05, 4.69) is 0 Å². The average Bonchev–Trinajstić information content (AvgIpc) is 3.09. The number of benzene rings is 1. The van der Waals surface area contributed by atoms with E-state index in [1.807, 2.05) is 65.0 Å². The molecule has 4 atom stereocenters. The van der Waals surface area contributed by atoms with Gasteiger partial charge >= 0.3 is 12.1 Å². The van der Waals surface area contributed by atoms with Crippen molar-refractivity contribution in [2.75, 3.05) is 6.61 Å². The number of nitrogens with zero attached hydrogens (tertiary/aromatic N) is 1. The molecule has 2 aliphatic heterocycles. The van der Waals surface area contributed by atoms with Gasteiger partial charge in [0.2, 0.25) is 0 Å². The quantitative estimate of drug-likeness (QED) is 0.666. The summed E-state index contributed by atoms with van der Waals surface area (Å²) in [6.07, 6.45) is -0.576. The average molecular weight is 420 g/mol. The van der Waals surface area contributed by atoms with Crippen LogP contribution in [-0.4, -0.2) is 53.2 Å². The van der Waals surface area contributed by atoms with E-state index in [1.54, 1.807) is 11.8 Å². The normalized spacial score (nSPS) is 27.6. The summed E-state index contributed by atoms with van der Waals surface area (Å²) < 4.78 is 23.3. The number of amides is 1. The number of ether oxygens (including phenoxy) is 4. The zero-order valence-electron chi connectivity index (χ0n) is 18.7. The lowest BCUT2D eigenvalue weighted by atomic mass is 10.00. The molecule has 0 N–H and O–H groups in total. The van der Waals surface area contributed by atoms with E-state index in [4.69, 9.17) is 18.9 Å². The van der Waals surface area contributed by atoms with Gasteiger partial charge in [-0.1, -0.05) is 30.3 Å². The van der Waals surface area contributed by atoms with Crippen LogP contribution in [0.5, 0.6) is 0 Å². The second-order valence-corrected chi connectivity index (χ2v) is 9.22. The van der Waals surface area contributed by atoms with Gasteiger partial charge in [0.25, 0.3) is 0 Å². The van der Waals surface area contributed by atoms with Crippen molar-refractivity contribution >= 4 is 12.1 Å². The fourth-order valence-electron chi connectivity index (χ4n) is 4.25. The zero-order chi connectivity index (χ0) is 22.1. The molecule has 2 fully saturated rings. The van der Waals surface area contributed by atoms with E-state index < -0.39 is 17.5 Å². The minimum absolute atomic E-state index is 0.187. The number of fused-ring (bicyclic) bond motifs is 1. The molecule has 7 nitrogen and oxygen atoms in total. The molecular formula is C23H33NO6. The predicted molar refractivity (Wildman–Crippen MR) is 111 cm³/mol. The third-order valence-electron chi connectivity index (χ3n) is 5.21. The number of likely N-dealkylation sites (tertiary alicyclic amines) is 1. The highest BCUT2D eigenvalue weighted by molar-refractivity contribution is 5.72. The van der Waals surface area contributed by atoms with E-state index in [-0.39, 0.29) is 36.7 Å². The van der Waals surface area contributed by atoms with Gasteiger partial charge in [0.15, 0.2) is 5.79 Å². The van der Waals surface area contributed by atoms with Crippen molar-refractivity contribution in [1.82, 2.24) is 4.90 Å². The van der Waals surface area contributed by atoms with Gasteiger partial charge in [0, 0.05) is 6.42 Å². The maximum Gasteiger partial charge on any atom is 0.411 e. The van der Waals surface area contributed by atoms with Crippen molar-refractivity contribution in [3.63, 3.8) is 0 Å². The first-order valence-electron chi connectivity index (χ1n) is 10.6. The van der Waals surface area contributed by atoms with Crippen LogP contribution in [0.4, 0.5) is 4.79 Å². The highest BCUT2D eigenvalue weighted by atomic mass is 16.8. The van der Waals surface area contributed by atoms with Crippen molar-refractivity contribution in [2.24, 2.45) is 0 Å². The summed E-state index contributed by atoms with van der Waals surface area (Å²) in [7, 11) is 0. The van der Waals surface area contributed by atoms with Crippen molar-refractivity contribution in [3.05, 3.63) is 35.9 Å². The van der Waals surface area contributed by atoms with Gasteiger partial charge in [-0.3, -0.25) is 9.69 Å². The Hall–Kier alpha value is -2.12. The summed E-state index contributed by atoms with van der Waals surface area (Å²) in [5, 5.41) is 0. The molecule has 2 saturated heterocycles. The van der Waals surface area contributed by atoms with Crippen LogP contribution in [0.25, 0.3) is 0 Å². The standard InChI is InChI=1S/C23H33NO6/c1-7-27-17(25)14-13-16-19-20(29-23(5,6)28-19)18(15-11-9-8-10-12-15)24(16)21(26)30-22(2,3)4/h8-12,16,18-20H,7,13-14H2,1-6H3/t16-,18+,19-,20+/m1/s1. The molecule has 0 spiro atoms. The highest BCUT2D eigenvalue weighted by Gasteiger charge is 2.60.